The Bertz CT molecular complexity index is 381. The molecule has 1 aromatic rings. The third-order valence-corrected chi connectivity index (χ3v) is 2.31. The van der Waals surface area contributed by atoms with E-state index in [1.807, 2.05) is 0 Å². The molecule has 15 heavy (non-hydrogen) atoms. The van der Waals surface area contributed by atoms with Gasteiger partial charge in [0.15, 0.2) is 0 Å². The van der Waals surface area contributed by atoms with Crippen molar-refractivity contribution in [3.8, 4) is 0 Å². The number of halogens is 1. The van der Waals surface area contributed by atoms with Crippen molar-refractivity contribution in [3.63, 3.8) is 0 Å². The number of carbonyl (C=O) groups excluding carboxylic acids is 1. The summed E-state index contributed by atoms with van der Waals surface area (Å²) < 4.78 is 17.8. The van der Waals surface area contributed by atoms with Crippen LogP contribution in [0.3, 0.4) is 0 Å². The lowest BCUT2D eigenvalue weighted by Crippen LogP contribution is -2.15. The number of hydrogen-bond acceptors (Lipinski definition) is 3. The van der Waals surface area contributed by atoms with Crippen LogP contribution in [0.1, 0.15) is 6.92 Å². The van der Waals surface area contributed by atoms with Crippen LogP contribution in [0.4, 0.5) is 10.1 Å². The molecule has 0 bridgehead atoms. The second-order valence-electron chi connectivity index (χ2n) is 3.40. The lowest BCUT2D eigenvalue weighted by atomic mass is 10.3. The van der Waals surface area contributed by atoms with Gasteiger partial charge in [0.25, 0.3) is 0 Å². The maximum atomic E-state index is 12.9. The molecule has 1 aliphatic rings. The third kappa shape index (κ3) is 2.09. The first-order valence-electron chi connectivity index (χ1n) is 4.91. The minimum atomic E-state index is -0.290. The summed E-state index contributed by atoms with van der Waals surface area (Å²) >= 11 is 0. The number of hydrogen-bond donors (Lipinski definition) is 0. The fraction of sp³-hybridized carbons (Fsp3) is 0.364. The maximum Gasteiger partial charge on any atom is 0.330 e. The molecule has 0 saturated carbocycles. The van der Waals surface area contributed by atoms with Gasteiger partial charge in [-0.1, -0.05) is 6.07 Å². The van der Waals surface area contributed by atoms with Gasteiger partial charge < -0.3 is 9.64 Å². The monoisotopic (exact) mass is 209 g/mol. The van der Waals surface area contributed by atoms with E-state index in [9.17, 15) is 9.18 Å². The minimum Gasteiger partial charge on any atom is -0.464 e. The molecule has 0 N–H and O–H groups in total. The summed E-state index contributed by atoms with van der Waals surface area (Å²) in [6.07, 6.45) is 0. The average Bonchev–Trinajstić information content (AvgIpc) is 2.97. The zero-order valence-electron chi connectivity index (χ0n) is 8.44. The van der Waals surface area contributed by atoms with Crippen molar-refractivity contribution in [1.29, 1.82) is 0 Å². The summed E-state index contributed by atoms with van der Waals surface area (Å²) in [5.41, 5.74) is 0.730. The summed E-state index contributed by atoms with van der Waals surface area (Å²) in [7, 11) is 0. The van der Waals surface area contributed by atoms with E-state index in [2.05, 4.69) is 0 Å². The molecule has 0 spiro atoms. The Morgan fingerprint density at radius 3 is 3.13 bits per heavy atom. The molecule has 0 amide bonds. The lowest BCUT2D eigenvalue weighted by molar-refractivity contribution is -0.142. The van der Waals surface area contributed by atoms with Crippen molar-refractivity contribution < 1.29 is 13.9 Å². The van der Waals surface area contributed by atoms with Crippen molar-refractivity contribution in [2.45, 2.75) is 13.0 Å². The zero-order valence-corrected chi connectivity index (χ0v) is 8.44. The van der Waals surface area contributed by atoms with Crippen molar-refractivity contribution in [3.05, 3.63) is 30.1 Å². The molecule has 2 rings (SSSR count). The van der Waals surface area contributed by atoms with E-state index in [-0.39, 0.29) is 17.8 Å². The van der Waals surface area contributed by atoms with Crippen LogP contribution in [0.15, 0.2) is 24.3 Å². The first-order chi connectivity index (χ1) is 7.22. The molecule has 1 atom stereocenters. The number of ether oxygens (including phenoxy) is 1. The van der Waals surface area contributed by atoms with Crippen molar-refractivity contribution in [1.82, 2.24) is 0 Å². The van der Waals surface area contributed by atoms with Gasteiger partial charge in [0, 0.05) is 5.69 Å². The summed E-state index contributed by atoms with van der Waals surface area (Å²) in [6, 6.07) is 5.98. The van der Waals surface area contributed by atoms with E-state index in [0.29, 0.717) is 13.2 Å². The van der Waals surface area contributed by atoms with Gasteiger partial charge in [-0.3, -0.25) is 0 Å². The summed E-state index contributed by atoms with van der Waals surface area (Å²) in [5.74, 6) is -0.524. The predicted octanol–water partition coefficient (Wildman–Crippen LogP) is 1.58. The Balaban J connectivity index is 2.01. The minimum absolute atomic E-state index is 0.230. The van der Waals surface area contributed by atoms with Gasteiger partial charge in [-0.2, -0.15) is 0 Å². The number of carbonyl (C=O) groups is 1. The van der Waals surface area contributed by atoms with Crippen molar-refractivity contribution in [2.24, 2.45) is 0 Å². The quantitative estimate of drug-likeness (QED) is 0.559. The normalized spacial score (nSPS) is 18.8. The standard InChI is InChI=1S/C11H12FNO2/c1-2-15-11(14)10-7-13(10)9-5-3-4-8(12)6-9/h3-6,10H,2,7H2,1H3. The molecule has 0 radical (unpaired) electrons. The van der Waals surface area contributed by atoms with Gasteiger partial charge in [0.2, 0.25) is 0 Å². The topological polar surface area (TPSA) is 29.3 Å². The van der Waals surface area contributed by atoms with Gasteiger partial charge in [0.1, 0.15) is 11.9 Å². The van der Waals surface area contributed by atoms with E-state index in [1.165, 1.54) is 12.1 Å². The summed E-state index contributed by atoms with van der Waals surface area (Å²) in [4.78, 5) is 13.1. The Morgan fingerprint density at radius 2 is 2.47 bits per heavy atom. The summed E-state index contributed by atoms with van der Waals surface area (Å²) in [5, 5.41) is 0. The molecule has 1 aromatic carbocycles. The SMILES string of the molecule is CCOC(=O)C1CN1c1cccc(F)c1. The first kappa shape index (κ1) is 9.96. The lowest BCUT2D eigenvalue weighted by Gasteiger charge is -2.05. The second kappa shape index (κ2) is 3.88. The second-order valence-corrected chi connectivity index (χ2v) is 3.40. The zero-order chi connectivity index (χ0) is 10.8. The van der Waals surface area contributed by atoms with E-state index in [0.717, 1.165) is 5.69 Å². The van der Waals surface area contributed by atoms with Gasteiger partial charge in [-0.05, 0) is 25.1 Å². The van der Waals surface area contributed by atoms with Gasteiger partial charge in [-0.15, -0.1) is 0 Å². The molecule has 0 aliphatic carbocycles. The molecule has 1 heterocycles. The Hall–Kier alpha value is -1.58. The number of rotatable bonds is 3. The van der Waals surface area contributed by atoms with Crippen LogP contribution in [0, 0.1) is 5.82 Å². The molecule has 1 saturated heterocycles. The van der Waals surface area contributed by atoms with Crippen LogP contribution in [0.5, 0.6) is 0 Å². The number of esters is 1. The Morgan fingerprint density at radius 1 is 1.67 bits per heavy atom. The summed E-state index contributed by atoms with van der Waals surface area (Å²) in [6.45, 7) is 2.77. The molecule has 1 unspecified atom stereocenters. The van der Waals surface area contributed by atoms with Crippen LogP contribution in [0.2, 0.25) is 0 Å². The Kier molecular flexibility index (Phi) is 2.58. The fourth-order valence-electron chi connectivity index (χ4n) is 1.52. The predicted molar refractivity (Wildman–Crippen MR) is 54.2 cm³/mol. The first-order valence-corrected chi connectivity index (χ1v) is 4.91. The van der Waals surface area contributed by atoms with E-state index >= 15 is 0 Å². The number of anilines is 1. The van der Waals surface area contributed by atoms with Gasteiger partial charge in [0.05, 0.1) is 13.2 Å². The number of nitrogens with zero attached hydrogens (tertiary/aromatic N) is 1. The Labute approximate surface area is 87.5 Å². The molecule has 1 fully saturated rings. The molecule has 80 valence electrons. The van der Waals surface area contributed by atoms with Crippen molar-refractivity contribution >= 4 is 11.7 Å². The van der Waals surface area contributed by atoms with Crippen LogP contribution >= 0.6 is 0 Å². The highest BCUT2D eigenvalue weighted by Crippen LogP contribution is 2.28. The molecular formula is C11H12FNO2. The maximum absolute atomic E-state index is 12.9. The van der Waals surface area contributed by atoms with Crippen LogP contribution in [0.25, 0.3) is 0 Å². The van der Waals surface area contributed by atoms with Crippen molar-refractivity contribution in [2.75, 3.05) is 18.1 Å². The third-order valence-electron chi connectivity index (χ3n) is 2.31. The molecule has 3 nitrogen and oxygen atoms in total. The smallest absolute Gasteiger partial charge is 0.330 e. The van der Waals surface area contributed by atoms with Crippen LogP contribution < -0.4 is 4.90 Å². The van der Waals surface area contributed by atoms with Gasteiger partial charge >= 0.3 is 5.97 Å². The highest BCUT2D eigenvalue weighted by Gasteiger charge is 2.41. The molecular weight excluding hydrogens is 197 g/mol. The van der Waals surface area contributed by atoms with Crippen LogP contribution in [-0.4, -0.2) is 25.2 Å². The van der Waals surface area contributed by atoms with E-state index in [1.54, 1.807) is 24.0 Å². The highest BCUT2D eigenvalue weighted by molar-refractivity contribution is 5.86. The average molecular weight is 209 g/mol. The highest BCUT2D eigenvalue weighted by atomic mass is 19.1. The van der Waals surface area contributed by atoms with E-state index < -0.39 is 0 Å². The largest absolute Gasteiger partial charge is 0.464 e. The molecule has 4 heteroatoms. The van der Waals surface area contributed by atoms with Gasteiger partial charge in [-0.25, -0.2) is 9.18 Å². The molecule has 1 aliphatic heterocycles. The fourth-order valence-corrected chi connectivity index (χ4v) is 1.52. The molecule has 0 aromatic heterocycles. The van der Waals surface area contributed by atoms with E-state index in [4.69, 9.17) is 4.74 Å². The number of benzene rings is 1. The van der Waals surface area contributed by atoms with Crippen LogP contribution in [-0.2, 0) is 9.53 Å².